The maximum absolute atomic E-state index is 13.3. The third-order valence-electron chi connectivity index (χ3n) is 5.71. The number of anilines is 1. The van der Waals surface area contributed by atoms with E-state index in [-0.39, 0.29) is 29.7 Å². The fourth-order valence-corrected chi connectivity index (χ4v) is 4.99. The van der Waals surface area contributed by atoms with Crippen LogP contribution in [0.1, 0.15) is 24.5 Å². The van der Waals surface area contributed by atoms with Gasteiger partial charge in [0.05, 0.1) is 17.9 Å². The minimum atomic E-state index is -4.53. The molecule has 1 heterocycles. The van der Waals surface area contributed by atoms with Crippen molar-refractivity contribution in [3.63, 3.8) is 0 Å². The first-order valence-electron chi connectivity index (χ1n) is 12.0. The van der Waals surface area contributed by atoms with E-state index in [0.29, 0.717) is 24.5 Å². The molecule has 198 valence electrons. The number of ether oxygens (including phenoxy) is 1. The SMILES string of the molecule is CCOc1cccc(NC(=O)C2CC(=O)N(CCc3ccccc3)C(=Nc3cccc(C(F)(F)F)c3)S2)c1. The molecule has 0 aromatic heterocycles. The number of rotatable bonds is 8. The number of carbonyl (C=O) groups is 2. The number of carbonyl (C=O) groups excluding carboxylic acids is 2. The van der Waals surface area contributed by atoms with Gasteiger partial charge in [-0.05, 0) is 49.2 Å². The molecule has 38 heavy (non-hydrogen) atoms. The molecule has 1 atom stereocenters. The third-order valence-corrected chi connectivity index (χ3v) is 6.90. The lowest BCUT2D eigenvalue weighted by molar-refractivity contribution is -0.137. The number of halogens is 3. The van der Waals surface area contributed by atoms with Crippen LogP contribution in [0.2, 0.25) is 0 Å². The van der Waals surface area contributed by atoms with Crippen molar-refractivity contribution < 1.29 is 27.5 Å². The van der Waals surface area contributed by atoms with Gasteiger partial charge in [-0.3, -0.25) is 14.5 Å². The number of hydrogen-bond acceptors (Lipinski definition) is 5. The zero-order chi connectivity index (χ0) is 27.1. The summed E-state index contributed by atoms with van der Waals surface area (Å²) < 4.78 is 45.3. The molecule has 3 aromatic rings. The highest BCUT2D eigenvalue weighted by Gasteiger charge is 2.36. The highest BCUT2D eigenvalue weighted by Crippen LogP contribution is 2.34. The molecular weight excluding hydrogens is 515 g/mol. The van der Waals surface area contributed by atoms with Gasteiger partial charge in [-0.2, -0.15) is 13.2 Å². The molecule has 2 amide bonds. The van der Waals surface area contributed by atoms with Crippen LogP contribution in [0.5, 0.6) is 5.75 Å². The standard InChI is InChI=1S/C28H26F3N3O3S/c1-2-37-23-13-7-12-22(17-23)32-26(36)24-18-25(35)34(15-14-19-8-4-3-5-9-19)27(38-24)33-21-11-6-10-20(16-21)28(29,30)31/h3-13,16-17,24H,2,14-15,18H2,1H3,(H,32,36). The molecule has 1 saturated heterocycles. The first-order chi connectivity index (χ1) is 18.2. The number of hydrogen-bond donors (Lipinski definition) is 1. The van der Waals surface area contributed by atoms with Crippen LogP contribution in [0.15, 0.2) is 83.9 Å². The van der Waals surface area contributed by atoms with Gasteiger partial charge in [-0.15, -0.1) is 0 Å². The molecule has 1 fully saturated rings. The van der Waals surface area contributed by atoms with Crippen molar-refractivity contribution in [3.8, 4) is 5.75 Å². The number of thioether (sulfide) groups is 1. The van der Waals surface area contributed by atoms with Gasteiger partial charge in [0, 0.05) is 24.7 Å². The molecule has 0 aliphatic carbocycles. The second-order valence-corrected chi connectivity index (χ2v) is 9.65. The van der Waals surface area contributed by atoms with Crippen LogP contribution in [0, 0.1) is 0 Å². The number of benzene rings is 3. The van der Waals surface area contributed by atoms with Crippen molar-refractivity contribution in [2.24, 2.45) is 4.99 Å². The molecule has 0 spiro atoms. The lowest BCUT2D eigenvalue weighted by atomic mass is 10.1. The van der Waals surface area contributed by atoms with E-state index < -0.39 is 22.9 Å². The minimum absolute atomic E-state index is 0.0466. The normalized spacial score (nSPS) is 16.9. The first-order valence-corrected chi connectivity index (χ1v) is 12.9. The zero-order valence-electron chi connectivity index (χ0n) is 20.6. The minimum Gasteiger partial charge on any atom is -0.494 e. The topological polar surface area (TPSA) is 71.0 Å². The molecule has 0 radical (unpaired) electrons. The van der Waals surface area contributed by atoms with E-state index >= 15 is 0 Å². The van der Waals surface area contributed by atoms with Crippen molar-refractivity contribution in [2.45, 2.75) is 31.2 Å². The van der Waals surface area contributed by atoms with Gasteiger partial charge in [0.15, 0.2) is 5.17 Å². The van der Waals surface area contributed by atoms with Gasteiger partial charge in [-0.25, -0.2) is 4.99 Å². The fourth-order valence-electron chi connectivity index (χ4n) is 3.86. The van der Waals surface area contributed by atoms with Crippen LogP contribution in [0.3, 0.4) is 0 Å². The largest absolute Gasteiger partial charge is 0.494 e. The molecule has 3 aromatic carbocycles. The number of amidine groups is 1. The van der Waals surface area contributed by atoms with Crippen LogP contribution in [-0.2, 0) is 22.2 Å². The van der Waals surface area contributed by atoms with Crippen molar-refractivity contribution in [1.82, 2.24) is 4.90 Å². The Morgan fingerprint density at radius 2 is 1.84 bits per heavy atom. The van der Waals surface area contributed by atoms with E-state index in [9.17, 15) is 22.8 Å². The number of nitrogens with one attached hydrogen (secondary N) is 1. The molecule has 1 aliphatic heterocycles. The summed E-state index contributed by atoms with van der Waals surface area (Å²) >= 11 is 1.06. The number of aliphatic imine (C=N–C) groups is 1. The lowest BCUT2D eigenvalue weighted by Gasteiger charge is -2.32. The summed E-state index contributed by atoms with van der Waals surface area (Å²) in [6.45, 7) is 2.60. The van der Waals surface area contributed by atoms with Gasteiger partial charge >= 0.3 is 6.18 Å². The Morgan fingerprint density at radius 3 is 2.58 bits per heavy atom. The molecule has 4 rings (SSSR count). The Bertz CT molecular complexity index is 1320. The number of alkyl halides is 3. The maximum atomic E-state index is 13.3. The van der Waals surface area contributed by atoms with E-state index in [1.165, 1.54) is 17.0 Å². The van der Waals surface area contributed by atoms with E-state index in [1.807, 2.05) is 37.3 Å². The first kappa shape index (κ1) is 27.3. The van der Waals surface area contributed by atoms with Gasteiger partial charge in [-0.1, -0.05) is 54.2 Å². The van der Waals surface area contributed by atoms with Crippen molar-refractivity contribution in [3.05, 3.63) is 90.0 Å². The van der Waals surface area contributed by atoms with E-state index in [1.54, 1.807) is 24.3 Å². The van der Waals surface area contributed by atoms with E-state index in [4.69, 9.17) is 4.74 Å². The number of nitrogens with zero attached hydrogens (tertiary/aromatic N) is 2. The predicted octanol–water partition coefficient (Wildman–Crippen LogP) is 6.31. The Balaban J connectivity index is 1.58. The zero-order valence-corrected chi connectivity index (χ0v) is 21.4. The van der Waals surface area contributed by atoms with E-state index in [0.717, 1.165) is 29.5 Å². The van der Waals surface area contributed by atoms with Crippen molar-refractivity contribution in [2.75, 3.05) is 18.5 Å². The van der Waals surface area contributed by atoms with Crippen LogP contribution in [0.25, 0.3) is 0 Å². The summed E-state index contributed by atoms with van der Waals surface area (Å²) in [6.07, 6.45) is -4.08. The fraction of sp³-hybridized carbons (Fsp3) is 0.250. The predicted molar refractivity (Wildman–Crippen MR) is 143 cm³/mol. The summed E-state index contributed by atoms with van der Waals surface area (Å²) in [6, 6.07) is 21.0. The Kier molecular flexibility index (Phi) is 8.73. The second-order valence-electron chi connectivity index (χ2n) is 8.48. The smallest absolute Gasteiger partial charge is 0.416 e. The highest BCUT2D eigenvalue weighted by atomic mass is 32.2. The van der Waals surface area contributed by atoms with Gasteiger partial charge in [0.2, 0.25) is 11.8 Å². The number of amides is 2. The van der Waals surface area contributed by atoms with Crippen LogP contribution >= 0.6 is 11.8 Å². The molecule has 10 heteroatoms. The monoisotopic (exact) mass is 541 g/mol. The van der Waals surface area contributed by atoms with Crippen LogP contribution in [0.4, 0.5) is 24.5 Å². The Labute approximate surface area is 222 Å². The third kappa shape index (κ3) is 7.16. The summed E-state index contributed by atoms with van der Waals surface area (Å²) in [7, 11) is 0. The van der Waals surface area contributed by atoms with E-state index in [2.05, 4.69) is 10.3 Å². The summed E-state index contributed by atoms with van der Waals surface area (Å²) in [4.78, 5) is 32.1. The van der Waals surface area contributed by atoms with Gasteiger partial charge in [0.1, 0.15) is 11.0 Å². The van der Waals surface area contributed by atoms with Crippen LogP contribution < -0.4 is 10.1 Å². The van der Waals surface area contributed by atoms with Gasteiger partial charge in [0.25, 0.3) is 0 Å². The summed E-state index contributed by atoms with van der Waals surface area (Å²) in [5.74, 6) is -0.137. The van der Waals surface area contributed by atoms with Crippen LogP contribution in [-0.4, -0.2) is 40.3 Å². The average molecular weight is 542 g/mol. The van der Waals surface area contributed by atoms with Crippen molar-refractivity contribution in [1.29, 1.82) is 0 Å². The average Bonchev–Trinajstić information content (AvgIpc) is 2.89. The molecule has 0 bridgehead atoms. The molecule has 1 unspecified atom stereocenters. The summed E-state index contributed by atoms with van der Waals surface area (Å²) in [5.41, 5.74) is 0.714. The molecule has 6 nitrogen and oxygen atoms in total. The Hall–Kier alpha value is -3.79. The quantitative estimate of drug-likeness (QED) is 0.363. The molecule has 1 aliphatic rings. The molecule has 1 N–H and O–H groups in total. The molecule has 0 saturated carbocycles. The molecular formula is C28H26F3N3O3S. The lowest BCUT2D eigenvalue weighted by Crippen LogP contribution is -2.46. The van der Waals surface area contributed by atoms with Gasteiger partial charge < -0.3 is 10.1 Å². The van der Waals surface area contributed by atoms with Crippen molar-refractivity contribution >= 4 is 40.1 Å². The maximum Gasteiger partial charge on any atom is 0.416 e. The highest BCUT2D eigenvalue weighted by molar-refractivity contribution is 8.15. The Morgan fingerprint density at radius 1 is 1.08 bits per heavy atom. The summed E-state index contributed by atoms with van der Waals surface area (Å²) in [5, 5.41) is 2.17. The second kappa shape index (κ2) is 12.2.